The summed E-state index contributed by atoms with van der Waals surface area (Å²) < 4.78 is 28.8. The number of anilines is 1. The molecule has 0 aromatic heterocycles. The van der Waals surface area contributed by atoms with Crippen LogP contribution >= 0.6 is 23.2 Å². The summed E-state index contributed by atoms with van der Waals surface area (Å²) in [6, 6.07) is 29.5. The van der Waals surface area contributed by atoms with Crippen LogP contribution in [0.1, 0.15) is 11.1 Å². The van der Waals surface area contributed by atoms with Gasteiger partial charge in [0, 0.05) is 30.1 Å². The molecule has 0 aliphatic carbocycles. The van der Waals surface area contributed by atoms with Crippen LogP contribution in [0.2, 0.25) is 10.0 Å². The molecule has 0 fully saturated rings. The van der Waals surface area contributed by atoms with Crippen LogP contribution in [0.4, 0.5) is 5.69 Å². The minimum Gasteiger partial charge on any atom is -0.357 e. The Balaban J connectivity index is 1.76. The van der Waals surface area contributed by atoms with Gasteiger partial charge < -0.3 is 10.2 Å². The number of hydrogen-bond acceptors (Lipinski definition) is 4. The predicted octanol–water partition coefficient (Wildman–Crippen LogP) is 5.57. The minimum atomic E-state index is -4.18. The van der Waals surface area contributed by atoms with Gasteiger partial charge in [-0.1, -0.05) is 83.9 Å². The van der Waals surface area contributed by atoms with E-state index < -0.39 is 28.5 Å². The van der Waals surface area contributed by atoms with E-state index in [1.807, 2.05) is 30.3 Å². The molecular weight excluding hydrogens is 581 g/mol. The van der Waals surface area contributed by atoms with E-state index in [0.717, 1.165) is 15.4 Å². The van der Waals surface area contributed by atoms with Gasteiger partial charge >= 0.3 is 0 Å². The highest BCUT2D eigenvalue weighted by molar-refractivity contribution is 7.92. The van der Waals surface area contributed by atoms with Gasteiger partial charge in [0.2, 0.25) is 11.8 Å². The van der Waals surface area contributed by atoms with E-state index in [-0.39, 0.29) is 23.8 Å². The molecule has 0 aliphatic heterocycles. The molecule has 0 radical (unpaired) electrons. The molecule has 0 unspecified atom stereocenters. The zero-order valence-corrected chi connectivity index (χ0v) is 24.6. The maximum atomic E-state index is 14.2. The number of carbonyl (C=O) groups excluding carboxylic acids is 2. The molecule has 1 atom stereocenters. The number of benzene rings is 4. The fourth-order valence-corrected chi connectivity index (χ4v) is 6.03. The van der Waals surface area contributed by atoms with E-state index in [0.29, 0.717) is 15.7 Å². The minimum absolute atomic E-state index is 0.0186. The van der Waals surface area contributed by atoms with Crippen molar-refractivity contribution in [2.75, 3.05) is 17.9 Å². The highest BCUT2D eigenvalue weighted by Crippen LogP contribution is 2.26. The summed E-state index contributed by atoms with van der Waals surface area (Å²) in [5.74, 6) is -0.922. The first-order valence-corrected chi connectivity index (χ1v) is 15.0. The lowest BCUT2D eigenvalue weighted by molar-refractivity contribution is -0.139. The van der Waals surface area contributed by atoms with Crippen molar-refractivity contribution in [3.63, 3.8) is 0 Å². The Morgan fingerprint density at radius 3 is 1.85 bits per heavy atom. The maximum absolute atomic E-state index is 14.2. The molecule has 41 heavy (non-hydrogen) atoms. The number of amides is 2. The molecule has 4 rings (SSSR count). The number of nitrogens with zero attached hydrogens (tertiary/aromatic N) is 2. The molecular formula is C31H29Cl2N3O4S. The molecule has 10 heteroatoms. The highest BCUT2D eigenvalue weighted by atomic mass is 35.5. The summed E-state index contributed by atoms with van der Waals surface area (Å²) in [6.07, 6.45) is 0.231. The van der Waals surface area contributed by atoms with Gasteiger partial charge in [-0.2, -0.15) is 0 Å². The summed E-state index contributed by atoms with van der Waals surface area (Å²) in [5, 5.41) is 3.58. The molecule has 0 heterocycles. The van der Waals surface area contributed by atoms with Gasteiger partial charge in [0.05, 0.1) is 10.6 Å². The molecule has 0 bridgehead atoms. The maximum Gasteiger partial charge on any atom is 0.264 e. The van der Waals surface area contributed by atoms with Crippen LogP contribution in [0.5, 0.6) is 0 Å². The molecule has 0 saturated heterocycles. The molecule has 0 aliphatic rings. The Bertz CT molecular complexity index is 1570. The third-order valence-corrected chi connectivity index (χ3v) is 8.80. The molecule has 7 nitrogen and oxygen atoms in total. The fourth-order valence-electron chi connectivity index (χ4n) is 4.36. The van der Waals surface area contributed by atoms with Crippen molar-refractivity contribution in [1.29, 1.82) is 0 Å². The molecule has 0 spiro atoms. The van der Waals surface area contributed by atoms with E-state index in [1.165, 1.54) is 36.2 Å². The van der Waals surface area contributed by atoms with Crippen molar-refractivity contribution in [3.8, 4) is 0 Å². The van der Waals surface area contributed by atoms with Crippen LogP contribution in [0.3, 0.4) is 0 Å². The first-order chi connectivity index (χ1) is 19.7. The molecule has 4 aromatic rings. The summed E-state index contributed by atoms with van der Waals surface area (Å²) >= 11 is 12.1. The SMILES string of the molecule is CNC(=O)[C@@H](Cc1ccccc1)N(Cc1ccc(Cl)cc1)C(=O)CN(c1ccccc1)S(=O)(=O)c1ccc(Cl)cc1. The largest absolute Gasteiger partial charge is 0.357 e. The van der Waals surface area contributed by atoms with Crippen LogP contribution in [-0.2, 0) is 32.6 Å². The van der Waals surface area contributed by atoms with Gasteiger partial charge in [-0.15, -0.1) is 0 Å². The van der Waals surface area contributed by atoms with Crippen molar-refractivity contribution in [2.45, 2.75) is 23.9 Å². The Morgan fingerprint density at radius 2 is 1.29 bits per heavy atom. The van der Waals surface area contributed by atoms with E-state index in [2.05, 4.69) is 5.32 Å². The zero-order valence-electron chi connectivity index (χ0n) is 22.3. The van der Waals surface area contributed by atoms with Crippen LogP contribution in [0, 0.1) is 0 Å². The lowest BCUT2D eigenvalue weighted by atomic mass is 10.0. The van der Waals surface area contributed by atoms with Crippen molar-refractivity contribution in [2.24, 2.45) is 0 Å². The van der Waals surface area contributed by atoms with E-state index in [1.54, 1.807) is 54.6 Å². The quantitative estimate of drug-likeness (QED) is 0.241. The lowest BCUT2D eigenvalue weighted by Crippen LogP contribution is -2.53. The standard InChI is InChI=1S/C31H29Cl2N3O4S/c1-34-31(38)29(20-23-8-4-2-5-9-23)35(21-24-12-14-25(32)15-13-24)30(37)22-36(27-10-6-3-7-11-27)41(39,40)28-18-16-26(33)17-19-28/h2-19,29H,20-22H2,1H3,(H,34,38)/t29-/m1/s1. The van der Waals surface area contributed by atoms with E-state index in [9.17, 15) is 18.0 Å². The average molecular weight is 611 g/mol. The second kappa shape index (κ2) is 13.7. The number of sulfonamides is 1. The van der Waals surface area contributed by atoms with Gasteiger partial charge in [-0.25, -0.2) is 8.42 Å². The Morgan fingerprint density at radius 1 is 0.756 bits per heavy atom. The van der Waals surface area contributed by atoms with Gasteiger partial charge in [0.25, 0.3) is 10.0 Å². The normalized spacial score (nSPS) is 11.9. The number of likely N-dealkylation sites (N-methyl/N-ethyl adjacent to an activating group) is 1. The van der Waals surface area contributed by atoms with Crippen LogP contribution < -0.4 is 9.62 Å². The third kappa shape index (κ3) is 7.67. The number of carbonyl (C=O) groups is 2. The smallest absolute Gasteiger partial charge is 0.264 e. The van der Waals surface area contributed by atoms with Crippen LogP contribution in [0.15, 0.2) is 114 Å². The van der Waals surface area contributed by atoms with Crippen molar-refractivity contribution in [1.82, 2.24) is 10.2 Å². The summed E-state index contributed by atoms with van der Waals surface area (Å²) in [4.78, 5) is 28.8. The van der Waals surface area contributed by atoms with E-state index >= 15 is 0 Å². The van der Waals surface area contributed by atoms with Gasteiger partial charge in [0.15, 0.2) is 0 Å². The van der Waals surface area contributed by atoms with E-state index in [4.69, 9.17) is 23.2 Å². The number of hydrogen-bond donors (Lipinski definition) is 1. The van der Waals surface area contributed by atoms with Crippen molar-refractivity contribution < 1.29 is 18.0 Å². The van der Waals surface area contributed by atoms with Crippen molar-refractivity contribution >= 4 is 50.7 Å². The Labute approximate surface area is 250 Å². The van der Waals surface area contributed by atoms with Crippen LogP contribution in [0.25, 0.3) is 0 Å². The summed E-state index contributed by atoms with van der Waals surface area (Å²) in [6.45, 7) is -0.477. The average Bonchev–Trinajstić information content (AvgIpc) is 2.99. The zero-order chi connectivity index (χ0) is 29.4. The second-order valence-corrected chi connectivity index (χ2v) is 12.0. The summed E-state index contributed by atoms with van der Waals surface area (Å²) in [5.41, 5.74) is 1.89. The third-order valence-electron chi connectivity index (χ3n) is 6.51. The second-order valence-electron chi connectivity index (χ2n) is 9.27. The number of halogens is 2. The molecule has 4 aromatic carbocycles. The van der Waals surface area contributed by atoms with Gasteiger partial charge in [-0.05, 0) is 59.7 Å². The Kier molecular flexibility index (Phi) is 10.0. The topological polar surface area (TPSA) is 86.8 Å². The molecule has 212 valence electrons. The van der Waals surface area contributed by atoms with Gasteiger partial charge in [-0.3, -0.25) is 13.9 Å². The monoisotopic (exact) mass is 609 g/mol. The van der Waals surface area contributed by atoms with Crippen LogP contribution in [-0.4, -0.2) is 44.8 Å². The first-order valence-electron chi connectivity index (χ1n) is 12.8. The molecule has 1 N–H and O–H groups in total. The van der Waals surface area contributed by atoms with Crippen molar-refractivity contribution in [3.05, 3.63) is 130 Å². The summed E-state index contributed by atoms with van der Waals surface area (Å²) in [7, 11) is -2.67. The lowest BCUT2D eigenvalue weighted by Gasteiger charge is -2.33. The number of para-hydroxylation sites is 1. The Hall–Kier alpha value is -3.85. The van der Waals surface area contributed by atoms with Gasteiger partial charge in [0.1, 0.15) is 12.6 Å². The number of nitrogens with one attached hydrogen (secondary N) is 1. The number of rotatable bonds is 11. The molecule has 2 amide bonds. The molecule has 0 saturated carbocycles. The highest BCUT2D eigenvalue weighted by Gasteiger charge is 2.34. The predicted molar refractivity (Wildman–Crippen MR) is 162 cm³/mol. The first kappa shape index (κ1) is 30.1. The fraction of sp³-hybridized carbons (Fsp3) is 0.161.